The molecule has 0 saturated heterocycles. The molecule has 3 aromatic rings. The van der Waals surface area contributed by atoms with E-state index in [0.29, 0.717) is 10.6 Å². The number of fused-ring (bicyclic) bond motifs is 1. The number of aryl methyl sites for hydroxylation is 1. The zero-order valence-electron chi connectivity index (χ0n) is 13.5. The van der Waals surface area contributed by atoms with Crippen LogP contribution in [0.3, 0.4) is 0 Å². The molecular weight excluding hydrogens is 324 g/mol. The monoisotopic (exact) mass is 340 g/mol. The van der Waals surface area contributed by atoms with Crippen molar-refractivity contribution in [3.05, 3.63) is 69.9 Å². The van der Waals surface area contributed by atoms with Crippen molar-refractivity contribution in [2.24, 2.45) is 5.73 Å². The van der Waals surface area contributed by atoms with Gasteiger partial charge in [0.1, 0.15) is 0 Å². The molecular formula is C19H17ClN2O2. The molecule has 1 heterocycles. The quantitative estimate of drug-likeness (QED) is 0.791. The van der Waals surface area contributed by atoms with Crippen molar-refractivity contribution in [1.29, 1.82) is 0 Å². The van der Waals surface area contributed by atoms with E-state index in [2.05, 4.69) is 0 Å². The maximum Gasteiger partial charge on any atom is 0.262 e. The highest BCUT2D eigenvalue weighted by atomic mass is 35.5. The van der Waals surface area contributed by atoms with Crippen molar-refractivity contribution in [2.75, 3.05) is 0 Å². The molecule has 0 atom stereocenters. The Morgan fingerprint density at radius 1 is 1.08 bits per heavy atom. The number of halogens is 1. The van der Waals surface area contributed by atoms with Crippen LogP contribution in [-0.2, 0) is 11.2 Å². The van der Waals surface area contributed by atoms with E-state index in [4.69, 9.17) is 17.3 Å². The van der Waals surface area contributed by atoms with Crippen molar-refractivity contribution in [3.8, 4) is 0 Å². The summed E-state index contributed by atoms with van der Waals surface area (Å²) in [5.41, 5.74) is 9.28. The zero-order valence-corrected chi connectivity index (χ0v) is 14.2. The van der Waals surface area contributed by atoms with Crippen LogP contribution in [0.5, 0.6) is 0 Å². The van der Waals surface area contributed by atoms with Gasteiger partial charge in [0.15, 0.2) is 0 Å². The molecule has 0 aliphatic rings. The number of hydrogen-bond acceptors (Lipinski definition) is 2. The molecule has 0 bridgehead atoms. The first kappa shape index (κ1) is 16.3. The number of primary amides is 1. The normalized spacial score (nSPS) is 11.0. The van der Waals surface area contributed by atoms with E-state index in [-0.39, 0.29) is 12.3 Å². The third kappa shape index (κ3) is 2.81. The SMILES string of the molecule is Cc1ccc2c(c1)c(CC(N)=O)c(C)n2C(=O)c1ccc(Cl)cc1. The van der Waals surface area contributed by atoms with Gasteiger partial charge in [0.2, 0.25) is 5.91 Å². The van der Waals surface area contributed by atoms with Gasteiger partial charge in [0.05, 0.1) is 11.9 Å². The molecule has 0 spiro atoms. The highest BCUT2D eigenvalue weighted by molar-refractivity contribution is 6.30. The smallest absolute Gasteiger partial charge is 0.262 e. The number of rotatable bonds is 3. The molecule has 1 aromatic heterocycles. The molecule has 0 saturated carbocycles. The van der Waals surface area contributed by atoms with Gasteiger partial charge in [-0.3, -0.25) is 14.2 Å². The lowest BCUT2D eigenvalue weighted by Crippen LogP contribution is -2.16. The lowest BCUT2D eigenvalue weighted by atomic mass is 10.1. The Bertz CT molecular complexity index is 956. The fourth-order valence-electron chi connectivity index (χ4n) is 2.98. The second-order valence-corrected chi connectivity index (χ2v) is 6.31. The van der Waals surface area contributed by atoms with Crippen LogP contribution in [0.25, 0.3) is 10.9 Å². The van der Waals surface area contributed by atoms with Gasteiger partial charge in [-0.25, -0.2) is 0 Å². The summed E-state index contributed by atoms with van der Waals surface area (Å²) >= 11 is 5.90. The Balaban J connectivity index is 2.24. The maximum atomic E-state index is 13.0. The number of nitrogens with zero attached hydrogens (tertiary/aromatic N) is 1. The number of benzene rings is 2. The zero-order chi connectivity index (χ0) is 17.4. The molecule has 2 aromatic carbocycles. The summed E-state index contributed by atoms with van der Waals surface area (Å²) in [4.78, 5) is 24.4. The van der Waals surface area contributed by atoms with E-state index < -0.39 is 5.91 Å². The standard InChI is InChI=1S/C19H17ClN2O2/c1-11-3-8-17-16(9-11)15(10-18(21)23)12(2)22(17)19(24)13-4-6-14(20)7-5-13/h3-9H,10H2,1-2H3,(H2,21,23). The predicted molar refractivity (Wildman–Crippen MR) is 95.5 cm³/mol. The molecule has 0 unspecified atom stereocenters. The van der Waals surface area contributed by atoms with Crippen LogP contribution in [0.4, 0.5) is 0 Å². The van der Waals surface area contributed by atoms with Crippen molar-refractivity contribution in [2.45, 2.75) is 20.3 Å². The fourth-order valence-corrected chi connectivity index (χ4v) is 3.10. The minimum atomic E-state index is -0.419. The van der Waals surface area contributed by atoms with E-state index in [9.17, 15) is 9.59 Å². The summed E-state index contributed by atoms with van der Waals surface area (Å²) in [7, 11) is 0. The Morgan fingerprint density at radius 2 is 1.75 bits per heavy atom. The Labute approximate surface area is 144 Å². The highest BCUT2D eigenvalue weighted by Crippen LogP contribution is 2.28. The molecule has 4 nitrogen and oxygen atoms in total. The van der Waals surface area contributed by atoms with Crippen LogP contribution in [0.15, 0.2) is 42.5 Å². The van der Waals surface area contributed by atoms with Gasteiger partial charge in [-0.15, -0.1) is 0 Å². The largest absolute Gasteiger partial charge is 0.369 e. The Morgan fingerprint density at radius 3 is 2.38 bits per heavy atom. The average molecular weight is 341 g/mol. The van der Waals surface area contributed by atoms with Gasteiger partial charge < -0.3 is 5.73 Å². The number of hydrogen-bond donors (Lipinski definition) is 1. The van der Waals surface area contributed by atoms with Crippen LogP contribution >= 0.6 is 11.6 Å². The summed E-state index contributed by atoms with van der Waals surface area (Å²) in [6, 6.07) is 12.6. The molecule has 2 N–H and O–H groups in total. The van der Waals surface area contributed by atoms with Crippen molar-refractivity contribution in [3.63, 3.8) is 0 Å². The predicted octanol–water partition coefficient (Wildman–Crippen LogP) is 3.63. The first-order valence-corrected chi connectivity index (χ1v) is 7.95. The summed E-state index contributed by atoms with van der Waals surface area (Å²) in [5, 5.41) is 1.46. The molecule has 0 aliphatic heterocycles. The summed E-state index contributed by atoms with van der Waals surface area (Å²) in [6.07, 6.45) is 0.104. The number of amides is 1. The van der Waals surface area contributed by atoms with Gasteiger partial charge in [-0.1, -0.05) is 23.2 Å². The van der Waals surface area contributed by atoms with E-state index in [1.54, 1.807) is 28.8 Å². The molecule has 5 heteroatoms. The van der Waals surface area contributed by atoms with Gasteiger partial charge in [-0.2, -0.15) is 0 Å². The topological polar surface area (TPSA) is 65.1 Å². The number of nitrogens with two attached hydrogens (primary N) is 1. The van der Waals surface area contributed by atoms with Crippen molar-refractivity contribution >= 4 is 34.3 Å². The molecule has 24 heavy (non-hydrogen) atoms. The average Bonchev–Trinajstić information content (AvgIpc) is 2.79. The second-order valence-electron chi connectivity index (χ2n) is 5.88. The molecule has 0 radical (unpaired) electrons. The second kappa shape index (κ2) is 6.13. The lowest BCUT2D eigenvalue weighted by molar-refractivity contribution is -0.117. The summed E-state index contributed by atoms with van der Waals surface area (Å²) < 4.78 is 1.64. The van der Waals surface area contributed by atoms with E-state index >= 15 is 0 Å². The first-order chi connectivity index (χ1) is 11.4. The third-order valence-electron chi connectivity index (χ3n) is 4.14. The highest BCUT2D eigenvalue weighted by Gasteiger charge is 2.20. The van der Waals surface area contributed by atoms with Crippen molar-refractivity contribution in [1.82, 2.24) is 4.57 Å². The van der Waals surface area contributed by atoms with E-state index in [1.807, 2.05) is 32.0 Å². The lowest BCUT2D eigenvalue weighted by Gasteiger charge is -2.08. The minimum absolute atomic E-state index is 0.104. The van der Waals surface area contributed by atoms with Gasteiger partial charge in [0, 0.05) is 21.7 Å². The van der Waals surface area contributed by atoms with E-state index in [0.717, 1.165) is 27.7 Å². The third-order valence-corrected chi connectivity index (χ3v) is 4.39. The molecule has 122 valence electrons. The van der Waals surface area contributed by atoms with Gasteiger partial charge in [-0.05, 0) is 55.8 Å². The Kier molecular flexibility index (Phi) is 4.16. The fraction of sp³-hybridized carbons (Fsp3) is 0.158. The maximum absolute atomic E-state index is 13.0. The number of carbonyl (C=O) groups is 2. The van der Waals surface area contributed by atoms with Crippen LogP contribution < -0.4 is 5.73 Å². The van der Waals surface area contributed by atoms with Crippen LogP contribution in [0.1, 0.15) is 27.2 Å². The van der Waals surface area contributed by atoms with E-state index in [1.165, 1.54) is 0 Å². The summed E-state index contributed by atoms with van der Waals surface area (Å²) in [6.45, 7) is 3.81. The molecule has 3 rings (SSSR count). The number of carbonyl (C=O) groups excluding carboxylic acids is 2. The molecule has 1 amide bonds. The summed E-state index contributed by atoms with van der Waals surface area (Å²) in [5.74, 6) is -0.577. The minimum Gasteiger partial charge on any atom is -0.369 e. The van der Waals surface area contributed by atoms with Gasteiger partial charge >= 0.3 is 0 Å². The van der Waals surface area contributed by atoms with Crippen LogP contribution in [-0.4, -0.2) is 16.4 Å². The first-order valence-electron chi connectivity index (χ1n) is 7.57. The molecule has 0 aliphatic carbocycles. The van der Waals surface area contributed by atoms with Crippen molar-refractivity contribution < 1.29 is 9.59 Å². The van der Waals surface area contributed by atoms with Crippen LogP contribution in [0, 0.1) is 13.8 Å². The Hall–Kier alpha value is -2.59. The van der Waals surface area contributed by atoms with Crippen LogP contribution in [0.2, 0.25) is 5.02 Å². The van der Waals surface area contributed by atoms with Gasteiger partial charge in [0.25, 0.3) is 5.91 Å². The molecule has 0 fully saturated rings. The number of aromatic nitrogens is 1.